The molecule has 3 heterocycles. The summed E-state index contributed by atoms with van der Waals surface area (Å²) in [4.78, 5) is 12.8. The number of aromatic nitrogens is 4. The van der Waals surface area contributed by atoms with E-state index in [1.807, 2.05) is 6.26 Å². The molecule has 21 heavy (non-hydrogen) atoms. The van der Waals surface area contributed by atoms with Crippen LogP contribution < -0.4 is 0 Å². The van der Waals surface area contributed by atoms with Gasteiger partial charge in [0.05, 0.1) is 27.5 Å². The summed E-state index contributed by atoms with van der Waals surface area (Å²) < 4.78 is 1.72. The highest BCUT2D eigenvalue weighted by Crippen LogP contribution is 2.28. The van der Waals surface area contributed by atoms with Crippen LogP contribution in [0.3, 0.4) is 0 Å². The highest BCUT2D eigenvalue weighted by atomic mass is 35.5. The van der Waals surface area contributed by atoms with Crippen molar-refractivity contribution in [1.82, 2.24) is 19.4 Å². The fourth-order valence-electron chi connectivity index (χ4n) is 1.93. The number of halogens is 2. The smallest absolute Gasteiger partial charge is 0.187 e. The molecule has 3 aromatic heterocycles. The topological polar surface area (TPSA) is 66.9 Å². The van der Waals surface area contributed by atoms with Gasteiger partial charge < -0.3 is 0 Å². The van der Waals surface area contributed by atoms with Crippen LogP contribution in [0.1, 0.15) is 5.56 Å². The van der Waals surface area contributed by atoms with Crippen LogP contribution in [0.15, 0.2) is 29.8 Å². The second-order valence-corrected chi connectivity index (χ2v) is 5.69. The molecule has 0 unspecified atom stereocenters. The van der Waals surface area contributed by atoms with Gasteiger partial charge in [0, 0.05) is 12.4 Å². The van der Waals surface area contributed by atoms with E-state index in [-0.39, 0.29) is 0 Å². The Morgan fingerprint density at radius 1 is 1.29 bits per heavy atom. The fourth-order valence-corrected chi connectivity index (χ4v) is 2.79. The third kappa shape index (κ3) is 2.44. The van der Waals surface area contributed by atoms with E-state index in [9.17, 15) is 5.26 Å². The summed E-state index contributed by atoms with van der Waals surface area (Å²) in [6.07, 6.45) is 6.67. The van der Waals surface area contributed by atoms with Gasteiger partial charge in [0.15, 0.2) is 10.8 Å². The molecule has 3 aromatic rings. The maximum Gasteiger partial charge on any atom is 0.187 e. The van der Waals surface area contributed by atoms with E-state index in [1.54, 1.807) is 22.9 Å². The lowest BCUT2D eigenvalue weighted by atomic mass is 10.2. The molecule has 0 saturated carbocycles. The van der Waals surface area contributed by atoms with Gasteiger partial charge in [-0.25, -0.2) is 15.0 Å². The van der Waals surface area contributed by atoms with Crippen LogP contribution >= 0.6 is 35.0 Å². The molecule has 0 saturated heterocycles. The molecule has 0 amide bonds. The van der Waals surface area contributed by atoms with Crippen molar-refractivity contribution >= 4 is 40.6 Å². The van der Waals surface area contributed by atoms with E-state index in [0.717, 1.165) is 0 Å². The molecule has 0 radical (unpaired) electrons. The predicted molar refractivity (Wildman–Crippen MR) is 82.7 cm³/mol. The van der Waals surface area contributed by atoms with Crippen LogP contribution in [-0.4, -0.2) is 25.6 Å². The van der Waals surface area contributed by atoms with E-state index in [1.165, 1.54) is 18.0 Å². The van der Waals surface area contributed by atoms with Gasteiger partial charge in [-0.05, 0) is 12.3 Å². The van der Waals surface area contributed by atoms with Crippen molar-refractivity contribution in [2.45, 2.75) is 5.16 Å². The number of nitriles is 1. The van der Waals surface area contributed by atoms with Gasteiger partial charge in [-0.2, -0.15) is 5.26 Å². The highest BCUT2D eigenvalue weighted by molar-refractivity contribution is 7.98. The Balaban J connectivity index is 2.33. The van der Waals surface area contributed by atoms with Crippen molar-refractivity contribution in [3.8, 4) is 17.5 Å². The number of fused-ring (bicyclic) bond motifs is 1. The van der Waals surface area contributed by atoms with Crippen molar-refractivity contribution in [3.05, 3.63) is 40.3 Å². The van der Waals surface area contributed by atoms with Crippen LogP contribution in [0.4, 0.5) is 0 Å². The van der Waals surface area contributed by atoms with Crippen molar-refractivity contribution in [2.24, 2.45) is 0 Å². The van der Waals surface area contributed by atoms with Crippen LogP contribution in [0.25, 0.3) is 17.0 Å². The van der Waals surface area contributed by atoms with Crippen molar-refractivity contribution < 1.29 is 0 Å². The molecular weight excluding hydrogens is 329 g/mol. The van der Waals surface area contributed by atoms with Gasteiger partial charge in [0.25, 0.3) is 0 Å². The summed E-state index contributed by atoms with van der Waals surface area (Å²) >= 11 is 13.6. The Hall–Kier alpha value is -1.81. The molecule has 3 rings (SSSR count). The van der Waals surface area contributed by atoms with E-state index >= 15 is 0 Å². The maximum atomic E-state index is 9.24. The average molecular weight is 336 g/mol. The molecule has 0 aliphatic carbocycles. The summed E-state index contributed by atoms with van der Waals surface area (Å²) in [5.41, 5.74) is 2.07. The number of hydrogen-bond donors (Lipinski definition) is 0. The minimum atomic E-state index is 0.366. The van der Waals surface area contributed by atoms with E-state index in [4.69, 9.17) is 23.2 Å². The molecule has 0 aliphatic rings. The van der Waals surface area contributed by atoms with E-state index < -0.39 is 0 Å². The third-order valence-electron chi connectivity index (χ3n) is 2.84. The molecule has 0 N–H and O–H groups in total. The number of hydrogen-bond acceptors (Lipinski definition) is 5. The van der Waals surface area contributed by atoms with Gasteiger partial charge in [0.1, 0.15) is 11.8 Å². The minimum Gasteiger partial charge on any atom is -0.295 e. The number of nitrogens with zero attached hydrogens (tertiary/aromatic N) is 5. The van der Waals surface area contributed by atoms with Gasteiger partial charge in [-0.1, -0.05) is 35.0 Å². The first-order chi connectivity index (χ1) is 10.1. The normalized spacial score (nSPS) is 10.8. The fraction of sp³-hybridized carbons (Fsp3) is 0.0769. The van der Waals surface area contributed by atoms with Crippen LogP contribution in [0.5, 0.6) is 0 Å². The second kappa shape index (κ2) is 5.53. The molecule has 0 atom stereocenters. The lowest BCUT2D eigenvalue weighted by molar-refractivity contribution is 0.961. The van der Waals surface area contributed by atoms with Crippen molar-refractivity contribution in [3.63, 3.8) is 0 Å². The summed E-state index contributed by atoms with van der Waals surface area (Å²) in [5, 5.41) is 10.7. The Labute approximate surface area is 134 Å². The number of thioether (sulfide) groups is 1. The molecule has 104 valence electrons. The first kappa shape index (κ1) is 14.1. The lowest BCUT2D eigenvalue weighted by Crippen LogP contribution is -1.97. The maximum absolute atomic E-state index is 9.24. The Bertz CT molecular complexity index is 884. The highest BCUT2D eigenvalue weighted by Gasteiger charge is 2.15. The summed E-state index contributed by atoms with van der Waals surface area (Å²) in [6.45, 7) is 0. The largest absolute Gasteiger partial charge is 0.295 e. The number of pyridine rings is 1. The Morgan fingerprint density at radius 2 is 2.10 bits per heavy atom. The SMILES string of the molecule is CSc1ncc(C#N)c(-c2cnc3c(Cl)cc(Cl)cn23)n1. The molecule has 0 aliphatic heterocycles. The molecule has 8 heteroatoms. The third-order valence-corrected chi connectivity index (χ3v) is 3.89. The summed E-state index contributed by atoms with van der Waals surface area (Å²) in [5.74, 6) is 0. The minimum absolute atomic E-state index is 0.366. The van der Waals surface area contributed by atoms with Gasteiger partial charge in [0.2, 0.25) is 0 Å². The second-order valence-electron chi connectivity index (χ2n) is 4.07. The molecular formula is C13H7Cl2N5S. The van der Waals surface area contributed by atoms with Crippen LogP contribution in [0, 0.1) is 11.3 Å². The number of rotatable bonds is 2. The molecule has 0 bridgehead atoms. The zero-order chi connectivity index (χ0) is 15.0. The van der Waals surface area contributed by atoms with Gasteiger partial charge >= 0.3 is 0 Å². The van der Waals surface area contributed by atoms with Crippen molar-refractivity contribution in [1.29, 1.82) is 5.26 Å². The summed E-state index contributed by atoms with van der Waals surface area (Å²) in [6, 6.07) is 3.71. The monoisotopic (exact) mass is 335 g/mol. The first-order valence-corrected chi connectivity index (χ1v) is 7.75. The predicted octanol–water partition coefficient (Wildman–Crippen LogP) is 3.69. The van der Waals surface area contributed by atoms with Gasteiger partial charge in [-0.3, -0.25) is 4.40 Å². The Kier molecular flexibility index (Phi) is 3.72. The van der Waals surface area contributed by atoms with Gasteiger partial charge in [-0.15, -0.1) is 0 Å². The summed E-state index contributed by atoms with van der Waals surface area (Å²) in [7, 11) is 0. The molecule has 0 fully saturated rings. The quantitative estimate of drug-likeness (QED) is 0.527. The average Bonchev–Trinajstić information content (AvgIpc) is 2.90. The molecule has 0 spiro atoms. The number of imidazole rings is 1. The Morgan fingerprint density at radius 3 is 2.81 bits per heavy atom. The molecule has 5 nitrogen and oxygen atoms in total. The molecule has 0 aromatic carbocycles. The zero-order valence-electron chi connectivity index (χ0n) is 10.7. The standard InChI is InChI=1S/C13H7Cl2N5S/c1-21-13-18-4-7(3-16)11(19-13)10-5-17-12-9(15)2-8(14)6-20(10)12/h2,4-6H,1H3. The first-order valence-electron chi connectivity index (χ1n) is 5.77. The zero-order valence-corrected chi connectivity index (χ0v) is 13.0. The van der Waals surface area contributed by atoms with Crippen LogP contribution in [-0.2, 0) is 0 Å². The lowest BCUT2D eigenvalue weighted by Gasteiger charge is -2.05. The van der Waals surface area contributed by atoms with E-state index in [2.05, 4.69) is 21.0 Å². The van der Waals surface area contributed by atoms with Crippen molar-refractivity contribution in [2.75, 3.05) is 6.26 Å². The van der Waals surface area contributed by atoms with Crippen LogP contribution in [0.2, 0.25) is 10.0 Å². The van der Waals surface area contributed by atoms with E-state index in [0.29, 0.717) is 37.8 Å².